The number of alkyl halides is 3. The van der Waals surface area contributed by atoms with Gasteiger partial charge in [0.05, 0.1) is 23.3 Å². The van der Waals surface area contributed by atoms with Crippen LogP contribution in [0.2, 0.25) is 5.02 Å². The molecule has 0 radical (unpaired) electrons. The highest BCUT2D eigenvalue weighted by atomic mass is 35.5. The van der Waals surface area contributed by atoms with Gasteiger partial charge in [0.25, 0.3) is 5.91 Å². The van der Waals surface area contributed by atoms with Crippen molar-refractivity contribution in [3.8, 4) is 5.75 Å². The number of carbonyl (C=O) groups excluding carboxylic acids is 1. The molecule has 11 heteroatoms. The number of amides is 1. The minimum Gasteiger partial charge on any atom is -0.496 e. The zero-order valence-electron chi connectivity index (χ0n) is 13.2. The Morgan fingerprint density at radius 1 is 1.35 bits per heavy atom. The van der Waals surface area contributed by atoms with Crippen LogP contribution in [-0.2, 0) is 6.18 Å². The fourth-order valence-electron chi connectivity index (χ4n) is 2.31. The lowest BCUT2D eigenvalue weighted by molar-refractivity contribution is -0.137. The van der Waals surface area contributed by atoms with Gasteiger partial charge < -0.3 is 4.74 Å². The summed E-state index contributed by atoms with van der Waals surface area (Å²) in [5.74, 6) is -0.244. The van der Waals surface area contributed by atoms with E-state index in [1.165, 1.54) is 13.2 Å². The molecule has 0 aliphatic carbocycles. The Morgan fingerprint density at radius 3 is 2.73 bits per heavy atom. The Labute approximate surface area is 150 Å². The van der Waals surface area contributed by atoms with Crippen LogP contribution in [0.1, 0.15) is 27.8 Å². The molecular weight excluding hydrogens is 375 g/mol. The topological polar surface area (TPSA) is 79.2 Å². The molecule has 0 saturated carbocycles. The van der Waals surface area contributed by atoms with Gasteiger partial charge in [-0.3, -0.25) is 9.78 Å². The van der Waals surface area contributed by atoms with Crippen molar-refractivity contribution in [3.05, 3.63) is 58.4 Å². The predicted molar refractivity (Wildman–Crippen MR) is 84.1 cm³/mol. The summed E-state index contributed by atoms with van der Waals surface area (Å²) in [6.45, 7) is 0. The summed E-state index contributed by atoms with van der Waals surface area (Å²) >= 11 is 5.94. The molecule has 0 spiro atoms. The standard InChI is InChI=1S/C15H11ClF3N5O2/c1-26-11-5-3-2-4-9(11)14(25)24-13(21-22-23-24)12-10(16)6-8(7-20-12)15(17,18)19/h2-7,13H,1H3,(H,21,23)/t13-/m0/s1. The van der Waals surface area contributed by atoms with Crippen LogP contribution in [-0.4, -0.2) is 23.0 Å². The summed E-state index contributed by atoms with van der Waals surface area (Å²) in [7, 11) is 1.41. The van der Waals surface area contributed by atoms with Crippen LogP contribution in [0.15, 0.2) is 46.9 Å². The average Bonchev–Trinajstić information content (AvgIpc) is 3.09. The highest BCUT2D eigenvalue weighted by Crippen LogP contribution is 2.35. The molecule has 7 nitrogen and oxygen atoms in total. The van der Waals surface area contributed by atoms with Crippen LogP contribution in [0.3, 0.4) is 0 Å². The first-order valence-corrected chi connectivity index (χ1v) is 7.55. The van der Waals surface area contributed by atoms with Gasteiger partial charge in [-0.25, -0.2) is 5.01 Å². The fourth-order valence-corrected chi connectivity index (χ4v) is 2.58. The minimum absolute atomic E-state index is 0.0448. The van der Waals surface area contributed by atoms with E-state index in [-0.39, 0.29) is 16.3 Å². The summed E-state index contributed by atoms with van der Waals surface area (Å²) < 4.78 is 43.4. The molecule has 1 atom stereocenters. The maximum Gasteiger partial charge on any atom is 0.417 e. The summed E-state index contributed by atoms with van der Waals surface area (Å²) in [5.41, 5.74) is 1.56. The van der Waals surface area contributed by atoms with Crippen LogP contribution < -0.4 is 10.3 Å². The molecular formula is C15H11ClF3N5O2. The number of pyridine rings is 1. The summed E-state index contributed by atoms with van der Waals surface area (Å²) in [4.78, 5) is 16.5. The Balaban J connectivity index is 1.93. The third-order valence-corrected chi connectivity index (χ3v) is 3.86. The molecule has 136 valence electrons. The van der Waals surface area contributed by atoms with E-state index in [0.717, 1.165) is 11.1 Å². The third-order valence-electron chi connectivity index (χ3n) is 3.56. The zero-order valence-corrected chi connectivity index (χ0v) is 13.9. The number of carbonyl (C=O) groups is 1. The number of hydrazine groups is 1. The molecule has 2 aromatic rings. The smallest absolute Gasteiger partial charge is 0.417 e. The molecule has 0 saturated heterocycles. The predicted octanol–water partition coefficient (Wildman–Crippen LogP) is 3.79. The molecule has 2 heterocycles. The van der Waals surface area contributed by atoms with Crippen molar-refractivity contribution in [3.63, 3.8) is 0 Å². The number of nitrogens with one attached hydrogen (secondary N) is 1. The third kappa shape index (κ3) is 3.27. The molecule has 0 fully saturated rings. The van der Waals surface area contributed by atoms with Gasteiger partial charge >= 0.3 is 6.18 Å². The summed E-state index contributed by atoms with van der Waals surface area (Å²) in [5, 5.41) is 8.06. The number of aromatic nitrogens is 1. The minimum atomic E-state index is -4.59. The molecule has 26 heavy (non-hydrogen) atoms. The molecule has 1 N–H and O–H groups in total. The Morgan fingerprint density at radius 2 is 2.08 bits per heavy atom. The second-order valence-electron chi connectivity index (χ2n) is 5.15. The Bertz CT molecular complexity index is 875. The van der Waals surface area contributed by atoms with Gasteiger partial charge in [0.1, 0.15) is 11.4 Å². The highest BCUT2D eigenvalue weighted by molar-refractivity contribution is 6.31. The summed E-state index contributed by atoms with van der Waals surface area (Å²) in [6.07, 6.45) is -5.08. The van der Waals surface area contributed by atoms with E-state index in [1.807, 2.05) is 0 Å². The van der Waals surface area contributed by atoms with Crippen molar-refractivity contribution < 1.29 is 22.7 Å². The fraction of sp³-hybridized carbons (Fsp3) is 0.200. The van der Waals surface area contributed by atoms with Gasteiger partial charge in [0.2, 0.25) is 6.17 Å². The maximum absolute atomic E-state index is 12.8. The van der Waals surface area contributed by atoms with Crippen LogP contribution in [0.25, 0.3) is 0 Å². The number of ether oxygens (including phenoxy) is 1. The molecule has 1 aromatic heterocycles. The van der Waals surface area contributed by atoms with Crippen LogP contribution in [0.5, 0.6) is 5.75 Å². The number of para-hydroxylation sites is 1. The largest absolute Gasteiger partial charge is 0.496 e. The van der Waals surface area contributed by atoms with Gasteiger partial charge in [-0.05, 0) is 18.2 Å². The number of halogens is 4. The monoisotopic (exact) mass is 385 g/mol. The first-order valence-electron chi connectivity index (χ1n) is 7.17. The molecule has 1 amide bonds. The number of benzene rings is 1. The van der Waals surface area contributed by atoms with Crippen molar-refractivity contribution in [2.75, 3.05) is 7.11 Å². The Hall–Kier alpha value is -2.88. The van der Waals surface area contributed by atoms with E-state index in [1.54, 1.807) is 18.2 Å². The van der Waals surface area contributed by atoms with E-state index in [9.17, 15) is 18.0 Å². The van der Waals surface area contributed by atoms with E-state index in [0.29, 0.717) is 11.9 Å². The zero-order chi connectivity index (χ0) is 18.9. The van der Waals surface area contributed by atoms with Gasteiger partial charge in [-0.2, -0.15) is 18.7 Å². The van der Waals surface area contributed by atoms with Crippen LogP contribution >= 0.6 is 11.6 Å². The molecule has 1 aliphatic rings. The van der Waals surface area contributed by atoms with Crippen LogP contribution in [0, 0.1) is 0 Å². The first kappa shape index (κ1) is 17.9. The van der Waals surface area contributed by atoms with E-state index in [2.05, 4.69) is 20.9 Å². The number of methoxy groups -OCH3 is 1. The van der Waals surface area contributed by atoms with Gasteiger partial charge in [-0.15, -0.1) is 5.11 Å². The van der Waals surface area contributed by atoms with E-state index in [4.69, 9.17) is 16.3 Å². The van der Waals surface area contributed by atoms with Crippen molar-refractivity contribution in [1.82, 2.24) is 15.5 Å². The van der Waals surface area contributed by atoms with Crippen molar-refractivity contribution in [2.24, 2.45) is 10.3 Å². The van der Waals surface area contributed by atoms with Gasteiger partial charge in [0, 0.05) is 6.20 Å². The molecule has 1 aliphatic heterocycles. The van der Waals surface area contributed by atoms with E-state index < -0.39 is 23.8 Å². The lowest BCUT2D eigenvalue weighted by Crippen LogP contribution is -2.39. The quantitative estimate of drug-likeness (QED) is 0.871. The van der Waals surface area contributed by atoms with Crippen molar-refractivity contribution in [2.45, 2.75) is 12.3 Å². The number of hydrogen-bond donors (Lipinski definition) is 1. The second-order valence-corrected chi connectivity index (χ2v) is 5.56. The lowest BCUT2D eigenvalue weighted by Gasteiger charge is -2.22. The maximum atomic E-state index is 12.8. The summed E-state index contributed by atoms with van der Waals surface area (Å²) in [6, 6.07) is 7.17. The van der Waals surface area contributed by atoms with E-state index >= 15 is 0 Å². The van der Waals surface area contributed by atoms with Gasteiger partial charge in [0.15, 0.2) is 0 Å². The van der Waals surface area contributed by atoms with Crippen molar-refractivity contribution in [1.29, 1.82) is 0 Å². The normalized spacial score (nSPS) is 16.5. The SMILES string of the molecule is COc1ccccc1C(=O)N1NN=N[C@@H]1c1ncc(C(F)(F)F)cc1Cl. The number of rotatable bonds is 3. The number of hydrogen-bond acceptors (Lipinski definition) is 6. The Kier molecular flexibility index (Phi) is 4.68. The highest BCUT2D eigenvalue weighted by Gasteiger charge is 2.36. The first-order chi connectivity index (χ1) is 12.3. The molecule has 0 bridgehead atoms. The molecule has 3 rings (SSSR count). The number of nitrogens with zero attached hydrogens (tertiary/aromatic N) is 4. The van der Waals surface area contributed by atoms with Crippen LogP contribution in [0.4, 0.5) is 13.2 Å². The second kappa shape index (κ2) is 6.79. The van der Waals surface area contributed by atoms with Gasteiger partial charge in [-0.1, -0.05) is 29.0 Å². The molecule has 0 unspecified atom stereocenters. The molecule has 1 aromatic carbocycles. The van der Waals surface area contributed by atoms with Crippen molar-refractivity contribution >= 4 is 17.5 Å². The lowest BCUT2D eigenvalue weighted by atomic mass is 10.1. The average molecular weight is 386 g/mol.